The van der Waals surface area contributed by atoms with Crippen LogP contribution >= 0.6 is 0 Å². The molecule has 1 unspecified atom stereocenters. The molecule has 0 fully saturated rings. The first-order valence-electron chi connectivity index (χ1n) is 18.2. The van der Waals surface area contributed by atoms with Crippen molar-refractivity contribution in [1.29, 1.82) is 0 Å². The van der Waals surface area contributed by atoms with Crippen LogP contribution in [0.3, 0.4) is 0 Å². The lowest BCUT2D eigenvalue weighted by Crippen LogP contribution is -2.08. The van der Waals surface area contributed by atoms with Crippen molar-refractivity contribution in [1.82, 2.24) is 0 Å². The fraction of sp³-hybridized carbons (Fsp3) is 0.842. The van der Waals surface area contributed by atoms with E-state index < -0.39 is 5.97 Å². The summed E-state index contributed by atoms with van der Waals surface area (Å²) in [7, 11) is 1.44. The van der Waals surface area contributed by atoms with Gasteiger partial charge < -0.3 is 20.1 Å². The number of hydrogen-bond donors (Lipinski definition) is 3. The van der Waals surface area contributed by atoms with Crippen LogP contribution in [0.1, 0.15) is 181 Å². The van der Waals surface area contributed by atoms with Crippen LogP contribution in [0.15, 0.2) is 24.3 Å². The third-order valence-corrected chi connectivity index (χ3v) is 8.09. The highest BCUT2D eigenvalue weighted by molar-refractivity contribution is 5.69. The van der Waals surface area contributed by atoms with E-state index in [9.17, 15) is 19.8 Å². The molecular formula is C38H72O6. The van der Waals surface area contributed by atoms with E-state index in [1.54, 1.807) is 6.92 Å². The van der Waals surface area contributed by atoms with E-state index in [1.807, 2.05) is 0 Å². The Balaban J connectivity index is 0. The van der Waals surface area contributed by atoms with Gasteiger partial charge in [-0.1, -0.05) is 135 Å². The highest BCUT2D eigenvalue weighted by Crippen LogP contribution is 2.13. The van der Waals surface area contributed by atoms with Crippen molar-refractivity contribution in [2.75, 3.05) is 7.11 Å². The fourth-order valence-corrected chi connectivity index (χ4v) is 4.95. The molecule has 0 radical (unpaired) electrons. The SMILES string of the molecule is CCCCCC[C@@H](O)C/C=C\CCCCCCC(C)C(=O)O.CCCCCC[C@@H](O)C/C=C\CCCCCCCC(=O)OC. The number of methoxy groups -OCH3 is 1. The Labute approximate surface area is 272 Å². The number of aliphatic carboxylic acids is 1. The molecule has 0 aliphatic heterocycles. The monoisotopic (exact) mass is 625 g/mol. The van der Waals surface area contributed by atoms with Crippen molar-refractivity contribution < 1.29 is 29.6 Å². The van der Waals surface area contributed by atoms with E-state index in [4.69, 9.17) is 5.11 Å². The smallest absolute Gasteiger partial charge is 0.306 e. The van der Waals surface area contributed by atoms with E-state index >= 15 is 0 Å². The van der Waals surface area contributed by atoms with Gasteiger partial charge in [0, 0.05) is 6.42 Å². The molecular weight excluding hydrogens is 552 g/mol. The van der Waals surface area contributed by atoms with Crippen molar-refractivity contribution in [2.24, 2.45) is 5.92 Å². The lowest BCUT2D eigenvalue weighted by Gasteiger charge is -2.07. The predicted molar refractivity (Wildman–Crippen MR) is 186 cm³/mol. The molecule has 0 amide bonds. The van der Waals surface area contributed by atoms with Gasteiger partial charge in [0.1, 0.15) is 0 Å². The topological polar surface area (TPSA) is 104 Å². The minimum Gasteiger partial charge on any atom is -0.481 e. The third-order valence-electron chi connectivity index (χ3n) is 8.09. The summed E-state index contributed by atoms with van der Waals surface area (Å²) in [6, 6.07) is 0. The molecule has 6 nitrogen and oxygen atoms in total. The molecule has 0 saturated heterocycles. The van der Waals surface area contributed by atoms with Gasteiger partial charge in [-0.25, -0.2) is 0 Å². The van der Waals surface area contributed by atoms with Gasteiger partial charge >= 0.3 is 11.9 Å². The van der Waals surface area contributed by atoms with Crippen molar-refractivity contribution >= 4 is 11.9 Å². The fourth-order valence-electron chi connectivity index (χ4n) is 4.95. The van der Waals surface area contributed by atoms with Gasteiger partial charge in [-0.2, -0.15) is 0 Å². The molecule has 0 aromatic heterocycles. The number of hydrogen-bond acceptors (Lipinski definition) is 5. The van der Waals surface area contributed by atoms with Crippen LogP contribution in [-0.2, 0) is 14.3 Å². The Morgan fingerprint density at radius 3 is 1.45 bits per heavy atom. The second kappa shape index (κ2) is 35.8. The number of carboxylic acids is 1. The summed E-state index contributed by atoms with van der Waals surface area (Å²) in [5.41, 5.74) is 0. The average Bonchev–Trinajstić information content (AvgIpc) is 3.01. The number of carbonyl (C=O) groups excluding carboxylic acids is 1. The van der Waals surface area contributed by atoms with E-state index in [0.29, 0.717) is 6.42 Å². The summed E-state index contributed by atoms with van der Waals surface area (Å²) < 4.78 is 4.61. The minimum absolute atomic E-state index is 0.101. The Bertz CT molecular complexity index is 672. The van der Waals surface area contributed by atoms with Crippen molar-refractivity contribution in [3.05, 3.63) is 24.3 Å². The van der Waals surface area contributed by atoms with Crippen LogP contribution in [0, 0.1) is 5.92 Å². The summed E-state index contributed by atoms with van der Waals surface area (Å²) in [5.74, 6) is -0.994. The maximum atomic E-state index is 10.9. The Kier molecular flexibility index (Phi) is 36.2. The van der Waals surface area contributed by atoms with Crippen LogP contribution in [-0.4, -0.2) is 46.6 Å². The number of ether oxygens (including phenoxy) is 1. The van der Waals surface area contributed by atoms with Crippen LogP contribution < -0.4 is 0 Å². The van der Waals surface area contributed by atoms with Gasteiger partial charge in [0.2, 0.25) is 0 Å². The Hall–Kier alpha value is -1.66. The van der Waals surface area contributed by atoms with E-state index in [-0.39, 0.29) is 24.1 Å². The van der Waals surface area contributed by atoms with Gasteiger partial charge in [-0.05, 0) is 64.2 Å². The molecule has 0 aliphatic rings. The minimum atomic E-state index is -0.684. The summed E-state index contributed by atoms with van der Waals surface area (Å²) in [6.45, 7) is 6.18. The Morgan fingerprint density at radius 2 is 1.00 bits per heavy atom. The molecule has 3 atom stereocenters. The van der Waals surface area contributed by atoms with Crippen LogP contribution in [0.5, 0.6) is 0 Å². The van der Waals surface area contributed by atoms with Gasteiger partial charge in [0.05, 0.1) is 25.2 Å². The molecule has 44 heavy (non-hydrogen) atoms. The normalized spacial score (nSPS) is 13.5. The largest absolute Gasteiger partial charge is 0.481 e. The van der Waals surface area contributed by atoms with Crippen molar-refractivity contribution in [3.8, 4) is 0 Å². The lowest BCUT2D eigenvalue weighted by atomic mass is 10.0. The number of unbranched alkanes of at least 4 members (excludes halogenated alkanes) is 15. The van der Waals surface area contributed by atoms with Crippen LogP contribution in [0.4, 0.5) is 0 Å². The number of aliphatic hydroxyl groups excluding tert-OH is 2. The molecule has 0 saturated carbocycles. The molecule has 3 N–H and O–H groups in total. The number of allylic oxidation sites excluding steroid dienone is 2. The molecule has 0 aliphatic carbocycles. The summed E-state index contributed by atoms with van der Waals surface area (Å²) >= 11 is 0. The summed E-state index contributed by atoms with van der Waals surface area (Å²) in [4.78, 5) is 21.6. The van der Waals surface area contributed by atoms with Gasteiger partial charge in [0.25, 0.3) is 0 Å². The molecule has 6 heteroatoms. The maximum absolute atomic E-state index is 10.9. The molecule has 0 rings (SSSR count). The number of aliphatic hydroxyl groups is 2. The number of rotatable bonds is 30. The second-order valence-corrected chi connectivity index (χ2v) is 12.5. The molecule has 0 aromatic carbocycles. The Morgan fingerprint density at radius 1 is 0.591 bits per heavy atom. The maximum Gasteiger partial charge on any atom is 0.306 e. The van der Waals surface area contributed by atoms with Crippen molar-refractivity contribution in [3.63, 3.8) is 0 Å². The lowest BCUT2D eigenvalue weighted by molar-refractivity contribution is -0.142. The van der Waals surface area contributed by atoms with Gasteiger partial charge in [-0.15, -0.1) is 0 Å². The predicted octanol–water partition coefficient (Wildman–Crippen LogP) is 10.5. The van der Waals surface area contributed by atoms with Crippen LogP contribution in [0.2, 0.25) is 0 Å². The quantitative estimate of drug-likeness (QED) is 0.0417. The van der Waals surface area contributed by atoms with Crippen LogP contribution in [0.25, 0.3) is 0 Å². The summed E-state index contributed by atoms with van der Waals surface area (Å²) in [5, 5.41) is 28.4. The average molecular weight is 625 g/mol. The zero-order valence-corrected chi connectivity index (χ0v) is 29.3. The molecule has 0 aromatic rings. The van der Waals surface area contributed by atoms with Crippen molar-refractivity contribution in [2.45, 2.75) is 193 Å². The number of carbonyl (C=O) groups is 2. The molecule has 260 valence electrons. The molecule has 0 spiro atoms. The number of carboxylic acid groups (broad SMARTS) is 1. The van der Waals surface area contributed by atoms with Gasteiger partial charge in [-0.3, -0.25) is 9.59 Å². The third kappa shape index (κ3) is 36.5. The highest BCUT2D eigenvalue weighted by atomic mass is 16.5. The van der Waals surface area contributed by atoms with E-state index in [1.165, 1.54) is 64.9 Å². The van der Waals surface area contributed by atoms with E-state index in [2.05, 4.69) is 42.9 Å². The zero-order valence-electron chi connectivity index (χ0n) is 29.3. The zero-order chi connectivity index (χ0) is 33.1. The number of esters is 1. The highest BCUT2D eigenvalue weighted by Gasteiger charge is 2.09. The second-order valence-electron chi connectivity index (χ2n) is 12.5. The first-order chi connectivity index (χ1) is 21.3. The van der Waals surface area contributed by atoms with E-state index in [0.717, 1.165) is 96.3 Å². The first kappa shape index (κ1) is 44.5. The standard InChI is InChI=1S/2C19H36O3/c1-3-4-5-12-15-18(20)16-13-10-8-6-7-9-11-14-17-19(21)22-2;1-3-4-5-12-15-18(20)16-13-10-8-6-7-9-11-14-17(2)19(21)22/h10,13,18,20H,3-9,11-12,14-17H2,1-2H3;10,13,17-18,20H,3-9,11-12,14-16H2,1-2H3,(H,21,22)/b2*13-10-/t18-;17?,18-/m11/s1. The first-order valence-corrected chi connectivity index (χ1v) is 18.2. The van der Waals surface area contributed by atoms with Gasteiger partial charge in [0.15, 0.2) is 0 Å². The molecule has 0 heterocycles. The summed E-state index contributed by atoms with van der Waals surface area (Å²) in [6.07, 6.45) is 35.1. The molecule has 0 bridgehead atoms.